The van der Waals surface area contributed by atoms with Crippen LogP contribution in [-0.2, 0) is 9.59 Å². The highest BCUT2D eigenvalue weighted by molar-refractivity contribution is 9.10. The van der Waals surface area contributed by atoms with Crippen molar-refractivity contribution in [3.05, 3.63) is 33.8 Å². The van der Waals surface area contributed by atoms with Crippen LogP contribution in [0.5, 0.6) is 5.75 Å². The topological polar surface area (TPSA) is 49.9 Å². The molecule has 1 heterocycles. The van der Waals surface area contributed by atoms with Crippen molar-refractivity contribution in [2.45, 2.75) is 26.4 Å². The molecule has 0 N–H and O–H groups in total. The minimum Gasteiger partial charge on any atom is -0.490 e. The fourth-order valence-corrected chi connectivity index (χ4v) is 2.80. The maximum atomic E-state index is 12.3. The molecule has 5 nitrogen and oxygen atoms in total. The van der Waals surface area contributed by atoms with E-state index in [1.165, 1.54) is 9.80 Å². The Morgan fingerprint density at radius 1 is 1.25 bits per heavy atom. The molecule has 1 aromatic rings. The molecule has 24 heavy (non-hydrogen) atoms. The van der Waals surface area contributed by atoms with Crippen LogP contribution in [0.25, 0.3) is 6.08 Å². The molecule has 0 aromatic heterocycles. The number of nitrogens with zero attached hydrogens (tertiary/aromatic N) is 2. The monoisotopic (exact) mass is 410 g/mol. The smallest absolute Gasteiger partial charge is 0.265 e. The maximum Gasteiger partial charge on any atom is 0.265 e. The summed E-state index contributed by atoms with van der Waals surface area (Å²) >= 11 is 8.54. The number of likely N-dealkylation sites (N-methyl/N-ethyl adjacent to an activating group) is 2. The van der Waals surface area contributed by atoms with E-state index in [1.807, 2.05) is 25.1 Å². The molecule has 0 spiro atoms. The third-order valence-electron chi connectivity index (χ3n) is 3.81. The first-order chi connectivity index (χ1) is 11.3. The Morgan fingerprint density at radius 2 is 1.83 bits per heavy atom. The molecule has 2 amide bonds. The van der Waals surface area contributed by atoms with Crippen molar-refractivity contribution in [3.8, 4) is 5.75 Å². The molecular weight excluding hydrogens is 392 g/mol. The number of hydrogen-bond donors (Lipinski definition) is 0. The predicted octanol–water partition coefficient (Wildman–Crippen LogP) is 3.23. The van der Waals surface area contributed by atoms with Gasteiger partial charge in [-0.05, 0) is 65.3 Å². The lowest BCUT2D eigenvalue weighted by Gasteiger charge is -2.31. The molecule has 1 saturated heterocycles. The zero-order chi connectivity index (χ0) is 18.0. The molecule has 0 bridgehead atoms. The zero-order valence-electron chi connectivity index (χ0n) is 14.0. The molecular formula is C17H19BrN2O3S. The summed E-state index contributed by atoms with van der Waals surface area (Å²) in [7, 11) is 3.11. The van der Waals surface area contributed by atoms with Gasteiger partial charge in [0.05, 0.1) is 10.6 Å². The quantitative estimate of drug-likeness (QED) is 0.434. The first-order valence-electron chi connectivity index (χ1n) is 7.54. The van der Waals surface area contributed by atoms with E-state index in [-0.39, 0.29) is 16.8 Å². The van der Waals surface area contributed by atoms with Crippen molar-refractivity contribution in [2.75, 3.05) is 14.1 Å². The maximum absolute atomic E-state index is 12.3. The lowest BCUT2D eigenvalue weighted by atomic mass is 10.1. The van der Waals surface area contributed by atoms with E-state index in [0.717, 1.165) is 22.2 Å². The van der Waals surface area contributed by atoms with E-state index >= 15 is 0 Å². The van der Waals surface area contributed by atoms with E-state index < -0.39 is 11.8 Å². The fraction of sp³-hybridized carbons (Fsp3) is 0.353. The van der Waals surface area contributed by atoms with Gasteiger partial charge < -0.3 is 4.74 Å². The molecule has 1 aliphatic rings. The summed E-state index contributed by atoms with van der Waals surface area (Å²) in [6.07, 6.45) is 2.58. The summed E-state index contributed by atoms with van der Waals surface area (Å²) in [5, 5.41) is 0.195. The van der Waals surface area contributed by atoms with Gasteiger partial charge in [0.2, 0.25) is 0 Å². The van der Waals surface area contributed by atoms with Gasteiger partial charge in [0, 0.05) is 14.1 Å². The summed E-state index contributed by atoms with van der Waals surface area (Å²) in [5.41, 5.74) is 0.806. The average molecular weight is 411 g/mol. The Kier molecular flexibility index (Phi) is 5.77. The normalized spacial score (nSPS) is 16.5. The van der Waals surface area contributed by atoms with Crippen LogP contribution in [0.1, 0.15) is 25.8 Å². The van der Waals surface area contributed by atoms with Gasteiger partial charge in [-0.3, -0.25) is 19.4 Å². The molecule has 0 aliphatic carbocycles. The fourth-order valence-electron chi connectivity index (χ4n) is 2.14. The van der Waals surface area contributed by atoms with Crippen LogP contribution in [0.3, 0.4) is 0 Å². The first-order valence-corrected chi connectivity index (χ1v) is 8.74. The van der Waals surface area contributed by atoms with Crippen molar-refractivity contribution in [2.24, 2.45) is 0 Å². The van der Waals surface area contributed by atoms with Crippen molar-refractivity contribution in [1.29, 1.82) is 0 Å². The van der Waals surface area contributed by atoms with Gasteiger partial charge in [0.25, 0.3) is 11.8 Å². The number of hydrogen-bond acceptors (Lipinski definition) is 4. The van der Waals surface area contributed by atoms with Gasteiger partial charge in [-0.15, -0.1) is 0 Å². The number of carbonyl (C=O) groups excluding carboxylic acids is 2. The molecule has 0 saturated carbocycles. The van der Waals surface area contributed by atoms with E-state index in [9.17, 15) is 9.59 Å². The average Bonchev–Trinajstić information content (AvgIpc) is 2.57. The van der Waals surface area contributed by atoms with Crippen molar-refractivity contribution in [1.82, 2.24) is 9.80 Å². The van der Waals surface area contributed by atoms with Gasteiger partial charge in [-0.25, -0.2) is 0 Å². The second-order valence-corrected chi connectivity index (χ2v) is 6.81. The number of benzene rings is 1. The van der Waals surface area contributed by atoms with Crippen LogP contribution in [0.2, 0.25) is 0 Å². The van der Waals surface area contributed by atoms with Crippen LogP contribution in [0.15, 0.2) is 28.2 Å². The minimum absolute atomic E-state index is 0.0797. The predicted molar refractivity (Wildman–Crippen MR) is 101 cm³/mol. The highest BCUT2D eigenvalue weighted by Crippen LogP contribution is 2.29. The second-order valence-electron chi connectivity index (χ2n) is 5.60. The molecule has 1 unspecified atom stereocenters. The second kappa shape index (κ2) is 7.44. The number of rotatable bonds is 4. The summed E-state index contributed by atoms with van der Waals surface area (Å²) in [4.78, 5) is 27.2. The summed E-state index contributed by atoms with van der Waals surface area (Å²) in [5.74, 6) is -0.0819. The number of thiocarbonyl (C=S) groups is 1. The lowest BCUT2D eigenvalue weighted by molar-refractivity contribution is -0.132. The van der Waals surface area contributed by atoms with Gasteiger partial charge >= 0.3 is 0 Å². The molecule has 0 radical (unpaired) electrons. The minimum atomic E-state index is -0.404. The van der Waals surface area contributed by atoms with Crippen LogP contribution >= 0.6 is 28.1 Å². The Labute approximate surface area is 155 Å². The zero-order valence-corrected chi connectivity index (χ0v) is 16.4. The number of carbonyl (C=O) groups is 2. The summed E-state index contributed by atoms with van der Waals surface area (Å²) in [6.45, 7) is 4.05. The molecule has 7 heteroatoms. The van der Waals surface area contributed by atoms with Crippen LogP contribution in [0, 0.1) is 0 Å². The Morgan fingerprint density at radius 3 is 2.33 bits per heavy atom. The van der Waals surface area contributed by atoms with E-state index in [0.29, 0.717) is 0 Å². The third kappa shape index (κ3) is 3.67. The van der Waals surface area contributed by atoms with Crippen LogP contribution in [0.4, 0.5) is 0 Å². The summed E-state index contributed by atoms with van der Waals surface area (Å²) in [6, 6.07) is 5.44. The number of halogens is 1. The molecule has 128 valence electrons. The molecule has 2 rings (SSSR count). The highest BCUT2D eigenvalue weighted by atomic mass is 79.9. The standard InChI is InChI=1S/C17H19BrN2O3S/c1-5-10(2)23-14-7-6-11(9-13(14)18)8-12-15(21)19(3)17(24)20(4)16(12)22/h6-10H,5H2,1-4H3. The van der Waals surface area contributed by atoms with Crippen molar-refractivity contribution < 1.29 is 14.3 Å². The Hall–Kier alpha value is -1.73. The van der Waals surface area contributed by atoms with E-state index in [1.54, 1.807) is 20.2 Å². The van der Waals surface area contributed by atoms with Crippen molar-refractivity contribution >= 4 is 51.2 Å². The molecule has 1 aliphatic heterocycles. The van der Waals surface area contributed by atoms with E-state index in [2.05, 4.69) is 22.9 Å². The van der Waals surface area contributed by atoms with Gasteiger partial charge in [0.1, 0.15) is 11.3 Å². The highest BCUT2D eigenvalue weighted by Gasteiger charge is 2.35. The lowest BCUT2D eigenvalue weighted by Crippen LogP contribution is -2.52. The molecule has 1 atom stereocenters. The van der Waals surface area contributed by atoms with Crippen LogP contribution in [-0.4, -0.2) is 46.9 Å². The SMILES string of the molecule is CCC(C)Oc1ccc(C=C2C(=O)N(C)C(=S)N(C)C2=O)cc1Br. The number of ether oxygens (including phenoxy) is 1. The third-order valence-corrected chi connectivity index (χ3v) is 4.98. The van der Waals surface area contributed by atoms with Gasteiger partial charge in [-0.1, -0.05) is 13.0 Å². The first kappa shape index (κ1) is 18.6. The molecule has 1 fully saturated rings. The van der Waals surface area contributed by atoms with Crippen LogP contribution < -0.4 is 4.74 Å². The molecule has 1 aromatic carbocycles. The van der Waals surface area contributed by atoms with Gasteiger partial charge in [-0.2, -0.15) is 0 Å². The summed E-state index contributed by atoms with van der Waals surface area (Å²) < 4.78 is 6.56. The van der Waals surface area contributed by atoms with Crippen molar-refractivity contribution in [3.63, 3.8) is 0 Å². The number of amides is 2. The van der Waals surface area contributed by atoms with Gasteiger partial charge in [0.15, 0.2) is 5.11 Å². The Balaban J connectivity index is 2.33. The van der Waals surface area contributed by atoms with E-state index in [4.69, 9.17) is 17.0 Å². The Bertz CT molecular complexity index is 707. The largest absolute Gasteiger partial charge is 0.490 e.